The largest absolute Gasteiger partial charge is 0.383 e. The quantitative estimate of drug-likeness (QED) is 0.800. The summed E-state index contributed by atoms with van der Waals surface area (Å²) in [6.45, 7) is 7.03. The molecule has 0 bridgehead atoms. The standard InChI is InChI=1S/C14H26N4O/c1-11-6-12(2)8-13(7-11)18-14(16-10-17-18)9-15-4-5-19-3/h10-13,15H,4-9H2,1-3H3. The molecule has 5 nitrogen and oxygen atoms in total. The van der Waals surface area contributed by atoms with E-state index in [0.29, 0.717) is 6.04 Å². The summed E-state index contributed by atoms with van der Waals surface area (Å²) in [6, 6.07) is 0.514. The summed E-state index contributed by atoms with van der Waals surface area (Å²) in [6.07, 6.45) is 5.46. The van der Waals surface area contributed by atoms with Crippen molar-refractivity contribution < 1.29 is 4.74 Å². The molecule has 0 aliphatic heterocycles. The van der Waals surface area contributed by atoms with Crippen LogP contribution in [0.4, 0.5) is 0 Å². The number of rotatable bonds is 6. The van der Waals surface area contributed by atoms with Crippen molar-refractivity contribution in [2.24, 2.45) is 11.8 Å². The molecule has 0 radical (unpaired) electrons. The van der Waals surface area contributed by atoms with Crippen molar-refractivity contribution in [2.75, 3.05) is 20.3 Å². The summed E-state index contributed by atoms with van der Waals surface area (Å²) in [5.41, 5.74) is 0. The van der Waals surface area contributed by atoms with Gasteiger partial charge in [0.25, 0.3) is 0 Å². The summed E-state index contributed by atoms with van der Waals surface area (Å²) in [7, 11) is 1.72. The third kappa shape index (κ3) is 4.01. The van der Waals surface area contributed by atoms with E-state index in [9.17, 15) is 0 Å². The van der Waals surface area contributed by atoms with Gasteiger partial charge in [0, 0.05) is 13.7 Å². The van der Waals surface area contributed by atoms with Crippen LogP contribution in [0, 0.1) is 11.8 Å². The Bertz CT molecular complexity index is 369. The molecule has 1 heterocycles. The monoisotopic (exact) mass is 266 g/mol. The molecule has 1 aromatic heterocycles. The Hall–Kier alpha value is -0.940. The fourth-order valence-corrected chi connectivity index (χ4v) is 3.18. The molecule has 1 aliphatic rings. The van der Waals surface area contributed by atoms with E-state index >= 15 is 0 Å². The first-order valence-electron chi connectivity index (χ1n) is 7.28. The highest BCUT2D eigenvalue weighted by Gasteiger charge is 2.26. The lowest BCUT2D eigenvalue weighted by Gasteiger charge is -2.32. The first-order valence-corrected chi connectivity index (χ1v) is 7.28. The van der Waals surface area contributed by atoms with Gasteiger partial charge >= 0.3 is 0 Å². The third-order valence-corrected chi connectivity index (χ3v) is 3.91. The molecule has 2 atom stereocenters. The second-order valence-electron chi connectivity index (χ2n) is 5.86. The summed E-state index contributed by atoms with van der Waals surface area (Å²) < 4.78 is 7.16. The van der Waals surface area contributed by atoms with Crippen molar-refractivity contribution in [1.29, 1.82) is 0 Å². The van der Waals surface area contributed by atoms with Gasteiger partial charge in [0.1, 0.15) is 12.2 Å². The molecule has 0 aromatic carbocycles. The molecule has 2 rings (SSSR count). The van der Waals surface area contributed by atoms with E-state index in [-0.39, 0.29) is 0 Å². The second-order valence-corrected chi connectivity index (χ2v) is 5.86. The van der Waals surface area contributed by atoms with E-state index in [1.54, 1.807) is 13.4 Å². The normalized spacial score (nSPS) is 27.6. The van der Waals surface area contributed by atoms with Crippen molar-refractivity contribution in [1.82, 2.24) is 20.1 Å². The number of ether oxygens (including phenoxy) is 1. The van der Waals surface area contributed by atoms with Gasteiger partial charge in [-0.1, -0.05) is 13.8 Å². The molecule has 108 valence electrons. The maximum Gasteiger partial charge on any atom is 0.141 e. The molecule has 19 heavy (non-hydrogen) atoms. The first kappa shape index (κ1) is 14.5. The van der Waals surface area contributed by atoms with Crippen LogP contribution in [0.15, 0.2) is 6.33 Å². The van der Waals surface area contributed by atoms with Crippen LogP contribution < -0.4 is 5.32 Å². The summed E-state index contributed by atoms with van der Waals surface area (Å²) >= 11 is 0. The molecular weight excluding hydrogens is 240 g/mol. The van der Waals surface area contributed by atoms with Crippen LogP contribution in [0.2, 0.25) is 0 Å². The van der Waals surface area contributed by atoms with Crippen LogP contribution in [-0.2, 0) is 11.3 Å². The Labute approximate surface area is 115 Å². The second kappa shape index (κ2) is 7.01. The topological polar surface area (TPSA) is 52.0 Å². The van der Waals surface area contributed by atoms with Gasteiger partial charge < -0.3 is 10.1 Å². The molecule has 1 fully saturated rings. The summed E-state index contributed by atoms with van der Waals surface area (Å²) in [5.74, 6) is 2.61. The maximum absolute atomic E-state index is 5.03. The average Bonchev–Trinajstić information content (AvgIpc) is 2.82. The van der Waals surface area contributed by atoms with Gasteiger partial charge in [-0.2, -0.15) is 5.10 Å². The summed E-state index contributed by atoms with van der Waals surface area (Å²) in [4.78, 5) is 4.39. The van der Waals surface area contributed by atoms with Crippen LogP contribution in [0.1, 0.15) is 45.0 Å². The van der Waals surface area contributed by atoms with Gasteiger partial charge in [-0.3, -0.25) is 0 Å². The molecule has 5 heteroatoms. The number of methoxy groups -OCH3 is 1. The highest BCUT2D eigenvalue weighted by atomic mass is 16.5. The predicted octanol–water partition coefficient (Wildman–Crippen LogP) is 2.01. The molecule has 0 saturated heterocycles. The minimum Gasteiger partial charge on any atom is -0.383 e. The van der Waals surface area contributed by atoms with Crippen molar-refractivity contribution in [3.05, 3.63) is 12.2 Å². The molecule has 1 aliphatic carbocycles. The van der Waals surface area contributed by atoms with Gasteiger partial charge in [0.15, 0.2) is 0 Å². The zero-order valence-electron chi connectivity index (χ0n) is 12.3. The third-order valence-electron chi connectivity index (χ3n) is 3.91. The van der Waals surface area contributed by atoms with Crippen molar-refractivity contribution in [3.8, 4) is 0 Å². The molecule has 2 unspecified atom stereocenters. The molecule has 0 spiro atoms. The highest BCUT2D eigenvalue weighted by Crippen LogP contribution is 2.35. The van der Waals surface area contributed by atoms with E-state index in [1.165, 1.54) is 19.3 Å². The van der Waals surface area contributed by atoms with Crippen LogP contribution in [0.25, 0.3) is 0 Å². The molecule has 1 saturated carbocycles. The average molecular weight is 266 g/mol. The number of hydrogen-bond acceptors (Lipinski definition) is 4. The van der Waals surface area contributed by atoms with Gasteiger partial charge in [0.2, 0.25) is 0 Å². The lowest BCUT2D eigenvalue weighted by Crippen LogP contribution is -2.27. The molecule has 1 aromatic rings. The Morgan fingerprint density at radius 2 is 2.05 bits per heavy atom. The van der Waals surface area contributed by atoms with Crippen LogP contribution in [0.5, 0.6) is 0 Å². The van der Waals surface area contributed by atoms with E-state index in [1.807, 2.05) is 0 Å². The Kier molecular flexibility index (Phi) is 5.34. The van der Waals surface area contributed by atoms with Gasteiger partial charge in [-0.15, -0.1) is 0 Å². The minimum atomic E-state index is 0.514. The van der Waals surface area contributed by atoms with Crippen molar-refractivity contribution in [2.45, 2.75) is 45.7 Å². The van der Waals surface area contributed by atoms with Crippen LogP contribution in [0.3, 0.4) is 0 Å². The predicted molar refractivity (Wildman–Crippen MR) is 74.8 cm³/mol. The van der Waals surface area contributed by atoms with Crippen molar-refractivity contribution in [3.63, 3.8) is 0 Å². The summed E-state index contributed by atoms with van der Waals surface area (Å²) in [5, 5.41) is 7.78. The van der Waals surface area contributed by atoms with Gasteiger partial charge in [-0.05, 0) is 31.1 Å². The minimum absolute atomic E-state index is 0.514. The SMILES string of the molecule is COCCNCc1ncnn1C1CC(C)CC(C)C1. The smallest absolute Gasteiger partial charge is 0.141 e. The highest BCUT2D eigenvalue weighted by molar-refractivity contribution is 4.90. The van der Waals surface area contributed by atoms with Gasteiger partial charge in [-0.25, -0.2) is 9.67 Å². The maximum atomic E-state index is 5.03. The van der Waals surface area contributed by atoms with E-state index in [2.05, 4.69) is 33.9 Å². The van der Waals surface area contributed by atoms with Crippen LogP contribution >= 0.6 is 0 Å². The Balaban J connectivity index is 1.94. The number of aromatic nitrogens is 3. The number of nitrogens with zero attached hydrogens (tertiary/aromatic N) is 3. The Morgan fingerprint density at radius 3 is 2.74 bits per heavy atom. The van der Waals surface area contributed by atoms with E-state index < -0.39 is 0 Å². The number of hydrogen-bond donors (Lipinski definition) is 1. The van der Waals surface area contributed by atoms with Crippen molar-refractivity contribution >= 4 is 0 Å². The zero-order valence-corrected chi connectivity index (χ0v) is 12.3. The molecule has 1 N–H and O–H groups in total. The van der Waals surface area contributed by atoms with E-state index in [0.717, 1.165) is 37.4 Å². The Morgan fingerprint density at radius 1 is 1.32 bits per heavy atom. The number of nitrogens with one attached hydrogen (secondary N) is 1. The lowest BCUT2D eigenvalue weighted by atomic mass is 9.80. The molecular formula is C14H26N4O. The fourth-order valence-electron chi connectivity index (χ4n) is 3.18. The molecule has 0 amide bonds. The van der Waals surface area contributed by atoms with Crippen LogP contribution in [-0.4, -0.2) is 35.0 Å². The lowest BCUT2D eigenvalue weighted by molar-refractivity contribution is 0.195. The fraction of sp³-hybridized carbons (Fsp3) is 0.857. The van der Waals surface area contributed by atoms with E-state index in [4.69, 9.17) is 4.74 Å². The zero-order chi connectivity index (χ0) is 13.7. The van der Waals surface area contributed by atoms with Gasteiger partial charge in [0.05, 0.1) is 19.2 Å². The first-order chi connectivity index (χ1) is 9.20.